The largest absolute Gasteiger partial charge is 0.349 e. The van der Waals surface area contributed by atoms with Crippen LogP contribution >= 0.6 is 0 Å². The Morgan fingerprint density at radius 3 is 1.64 bits per heavy atom. The predicted molar refractivity (Wildman–Crippen MR) is 95.9 cm³/mol. The molecule has 2 aromatic carbocycles. The summed E-state index contributed by atoms with van der Waals surface area (Å²) in [5, 5.41) is 6.10. The summed E-state index contributed by atoms with van der Waals surface area (Å²) < 4.78 is 0. The van der Waals surface area contributed by atoms with Gasteiger partial charge in [0.05, 0.1) is 12.1 Å². The fourth-order valence-electron chi connectivity index (χ4n) is 3.72. The van der Waals surface area contributed by atoms with Crippen LogP contribution in [0, 0.1) is 0 Å². The molecule has 2 aliphatic carbocycles. The lowest BCUT2D eigenvalue weighted by Gasteiger charge is -2.31. The fourth-order valence-corrected chi connectivity index (χ4v) is 3.72. The first-order chi connectivity index (χ1) is 12.2. The van der Waals surface area contributed by atoms with Gasteiger partial charge in [-0.15, -0.1) is 0 Å². The highest BCUT2D eigenvalue weighted by Crippen LogP contribution is 2.33. The van der Waals surface area contributed by atoms with E-state index in [-0.39, 0.29) is 23.9 Å². The summed E-state index contributed by atoms with van der Waals surface area (Å²) in [6, 6.07) is 16.7. The van der Waals surface area contributed by atoms with Crippen molar-refractivity contribution < 1.29 is 9.59 Å². The molecule has 2 aromatic rings. The van der Waals surface area contributed by atoms with Gasteiger partial charge in [0.1, 0.15) is 0 Å². The van der Waals surface area contributed by atoms with Gasteiger partial charge in [0.15, 0.2) is 0 Å². The van der Waals surface area contributed by atoms with E-state index in [1.807, 2.05) is 24.3 Å². The molecule has 4 nitrogen and oxygen atoms in total. The second kappa shape index (κ2) is 6.71. The quantitative estimate of drug-likeness (QED) is 0.853. The van der Waals surface area contributed by atoms with E-state index >= 15 is 0 Å². The van der Waals surface area contributed by atoms with Crippen LogP contribution in [-0.4, -0.2) is 11.8 Å². The smallest absolute Gasteiger partial charge is 0.220 e. The molecule has 2 amide bonds. The van der Waals surface area contributed by atoms with Crippen LogP contribution in [0.15, 0.2) is 48.5 Å². The van der Waals surface area contributed by atoms with Gasteiger partial charge < -0.3 is 10.6 Å². The van der Waals surface area contributed by atoms with Gasteiger partial charge in [-0.1, -0.05) is 48.5 Å². The van der Waals surface area contributed by atoms with E-state index in [0.29, 0.717) is 19.3 Å². The summed E-state index contributed by atoms with van der Waals surface area (Å²) in [5.41, 5.74) is 5.07. The molecular weight excluding hydrogens is 312 g/mol. The Hall–Kier alpha value is -2.62. The standard InChI is InChI=1S/C21H22N2O2/c24-20(22-18-12-14-6-1-3-8-16(14)18)10-5-11-21(25)23-19-13-15-7-2-4-9-17(15)19/h1-4,6-9,18-19H,5,10-13H2,(H,22,24)(H,23,25). The number of benzene rings is 2. The number of hydrogen-bond acceptors (Lipinski definition) is 2. The third kappa shape index (κ3) is 3.29. The van der Waals surface area contributed by atoms with Crippen molar-refractivity contribution in [3.63, 3.8) is 0 Å². The van der Waals surface area contributed by atoms with Crippen molar-refractivity contribution in [2.45, 2.75) is 44.2 Å². The lowest BCUT2D eigenvalue weighted by Crippen LogP contribution is -2.36. The molecular formula is C21H22N2O2. The first-order valence-electron chi connectivity index (χ1n) is 8.95. The second-order valence-corrected chi connectivity index (χ2v) is 6.90. The molecule has 25 heavy (non-hydrogen) atoms. The van der Waals surface area contributed by atoms with Gasteiger partial charge in [0.2, 0.25) is 11.8 Å². The Labute approximate surface area is 147 Å². The second-order valence-electron chi connectivity index (χ2n) is 6.90. The molecule has 0 spiro atoms. The van der Waals surface area contributed by atoms with Gasteiger partial charge in [0, 0.05) is 12.8 Å². The highest BCUT2D eigenvalue weighted by molar-refractivity contribution is 5.80. The number of fused-ring (bicyclic) bond motifs is 2. The Morgan fingerprint density at radius 1 is 0.760 bits per heavy atom. The number of carbonyl (C=O) groups is 2. The van der Waals surface area contributed by atoms with Crippen LogP contribution < -0.4 is 10.6 Å². The SMILES string of the molecule is O=C(CCCC(=O)NC1Cc2ccccc21)NC1Cc2ccccc21. The Balaban J connectivity index is 1.16. The third-order valence-electron chi connectivity index (χ3n) is 5.19. The van der Waals surface area contributed by atoms with E-state index < -0.39 is 0 Å². The molecule has 2 atom stereocenters. The average Bonchev–Trinajstić information content (AvgIpc) is 2.58. The molecule has 2 unspecified atom stereocenters. The molecule has 2 N–H and O–H groups in total. The number of carbonyl (C=O) groups excluding carboxylic acids is 2. The summed E-state index contributed by atoms with van der Waals surface area (Å²) in [6.45, 7) is 0. The van der Waals surface area contributed by atoms with Crippen molar-refractivity contribution in [3.05, 3.63) is 70.8 Å². The van der Waals surface area contributed by atoms with Crippen LogP contribution in [0.1, 0.15) is 53.6 Å². The fraction of sp³-hybridized carbons (Fsp3) is 0.333. The molecule has 4 rings (SSSR count). The minimum atomic E-state index is 0.0290. The van der Waals surface area contributed by atoms with Crippen molar-refractivity contribution in [1.82, 2.24) is 10.6 Å². The number of nitrogens with one attached hydrogen (secondary N) is 2. The van der Waals surface area contributed by atoms with E-state index in [0.717, 1.165) is 12.8 Å². The predicted octanol–water partition coefficient (Wildman–Crippen LogP) is 2.98. The van der Waals surface area contributed by atoms with Crippen LogP contribution in [0.2, 0.25) is 0 Å². The van der Waals surface area contributed by atoms with E-state index in [2.05, 4.69) is 34.9 Å². The van der Waals surface area contributed by atoms with Gasteiger partial charge in [-0.2, -0.15) is 0 Å². The Kier molecular flexibility index (Phi) is 4.26. The summed E-state index contributed by atoms with van der Waals surface area (Å²) in [7, 11) is 0. The molecule has 0 bridgehead atoms. The van der Waals surface area contributed by atoms with Crippen molar-refractivity contribution in [2.75, 3.05) is 0 Å². The van der Waals surface area contributed by atoms with Gasteiger partial charge in [0.25, 0.3) is 0 Å². The summed E-state index contributed by atoms with van der Waals surface area (Å²) in [4.78, 5) is 24.1. The zero-order chi connectivity index (χ0) is 17.2. The maximum absolute atomic E-state index is 12.0. The van der Waals surface area contributed by atoms with Gasteiger partial charge in [-0.3, -0.25) is 9.59 Å². The van der Waals surface area contributed by atoms with Crippen molar-refractivity contribution >= 4 is 11.8 Å². The molecule has 0 radical (unpaired) electrons. The van der Waals surface area contributed by atoms with E-state index in [1.165, 1.54) is 22.3 Å². The first-order valence-corrected chi connectivity index (χ1v) is 8.95. The zero-order valence-electron chi connectivity index (χ0n) is 14.1. The summed E-state index contributed by atoms with van der Waals surface area (Å²) in [6.07, 6.45) is 3.19. The van der Waals surface area contributed by atoms with Crippen LogP contribution in [0.5, 0.6) is 0 Å². The minimum Gasteiger partial charge on any atom is -0.349 e. The maximum Gasteiger partial charge on any atom is 0.220 e. The molecule has 128 valence electrons. The monoisotopic (exact) mass is 334 g/mol. The highest BCUT2D eigenvalue weighted by atomic mass is 16.2. The normalized spacial score (nSPS) is 19.7. The van der Waals surface area contributed by atoms with Gasteiger partial charge in [-0.05, 0) is 41.5 Å². The molecule has 0 heterocycles. The molecule has 0 saturated heterocycles. The molecule has 0 aliphatic heterocycles. The molecule has 4 heteroatoms. The van der Waals surface area contributed by atoms with Crippen LogP contribution in [0.3, 0.4) is 0 Å². The zero-order valence-corrected chi connectivity index (χ0v) is 14.1. The van der Waals surface area contributed by atoms with Crippen LogP contribution in [0.25, 0.3) is 0 Å². The number of amides is 2. The molecule has 0 aromatic heterocycles. The van der Waals surface area contributed by atoms with E-state index in [9.17, 15) is 9.59 Å². The molecule has 0 fully saturated rings. The highest BCUT2D eigenvalue weighted by Gasteiger charge is 2.27. The van der Waals surface area contributed by atoms with Gasteiger partial charge >= 0.3 is 0 Å². The first kappa shape index (κ1) is 15.9. The van der Waals surface area contributed by atoms with Crippen molar-refractivity contribution in [3.8, 4) is 0 Å². The third-order valence-corrected chi connectivity index (χ3v) is 5.19. The Bertz CT molecular complexity index is 748. The number of rotatable bonds is 6. The maximum atomic E-state index is 12.0. The number of hydrogen-bond donors (Lipinski definition) is 2. The molecule has 0 saturated carbocycles. The summed E-state index contributed by atoms with van der Waals surface area (Å²) >= 11 is 0. The molecule has 2 aliphatic rings. The van der Waals surface area contributed by atoms with Gasteiger partial charge in [-0.25, -0.2) is 0 Å². The lowest BCUT2D eigenvalue weighted by atomic mass is 9.83. The summed E-state index contributed by atoms with van der Waals surface area (Å²) in [5.74, 6) is 0.0579. The Morgan fingerprint density at radius 2 is 1.20 bits per heavy atom. The van der Waals surface area contributed by atoms with Crippen LogP contribution in [-0.2, 0) is 22.4 Å². The lowest BCUT2D eigenvalue weighted by molar-refractivity contribution is -0.123. The van der Waals surface area contributed by atoms with Crippen LogP contribution in [0.4, 0.5) is 0 Å². The van der Waals surface area contributed by atoms with Crippen molar-refractivity contribution in [2.24, 2.45) is 0 Å². The van der Waals surface area contributed by atoms with Crippen molar-refractivity contribution in [1.29, 1.82) is 0 Å². The van der Waals surface area contributed by atoms with E-state index in [4.69, 9.17) is 0 Å². The minimum absolute atomic E-state index is 0.0290. The average molecular weight is 334 g/mol. The van der Waals surface area contributed by atoms with E-state index in [1.54, 1.807) is 0 Å². The topological polar surface area (TPSA) is 58.2 Å².